The Kier molecular flexibility index (Phi) is 9.20. The molecule has 3 rings (SSSR count). The number of thiazole rings is 1. The fourth-order valence-corrected chi connectivity index (χ4v) is 3.43. The first kappa shape index (κ1) is 23.0. The molecular formula is C21H25IN4O2S. The van der Waals surface area contributed by atoms with Crippen LogP contribution >= 0.6 is 35.3 Å². The standard InChI is InChI=1S/C21H24N4O2S.HI/c1-22-21(23-12-15-9-10-18(26-2)19(11-15)27-3)24-13-20-25-17(14-28-20)16-7-5-4-6-8-16;/h4-11,14H,12-13H2,1-3H3,(H2,22,23,24);1H. The average molecular weight is 524 g/mol. The van der Waals surface area contributed by atoms with Crippen LogP contribution in [0.3, 0.4) is 0 Å². The van der Waals surface area contributed by atoms with Gasteiger partial charge in [0.1, 0.15) is 5.01 Å². The zero-order valence-corrected chi connectivity index (χ0v) is 19.8. The number of ether oxygens (including phenoxy) is 2. The summed E-state index contributed by atoms with van der Waals surface area (Å²) in [6.45, 7) is 1.23. The first-order chi connectivity index (χ1) is 13.7. The molecule has 0 unspecified atom stereocenters. The van der Waals surface area contributed by atoms with E-state index < -0.39 is 0 Å². The van der Waals surface area contributed by atoms with Crippen LogP contribution in [0.4, 0.5) is 0 Å². The van der Waals surface area contributed by atoms with Crippen molar-refractivity contribution in [2.45, 2.75) is 13.1 Å². The first-order valence-electron chi connectivity index (χ1n) is 8.88. The van der Waals surface area contributed by atoms with Gasteiger partial charge in [-0.05, 0) is 17.7 Å². The predicted octanol–water partition coefficient (Wildman–Crippen LogP) is 4.31. The maximum absolute atomic E-state index is 5.35. The summed E-state index contributed by atoms with van der Waals surface area (Å²) in [5.41, 5.74) is 3.19. The number of halogens is 1. The van der Waals surface area contributed by atoms with Gasteiger partial charge in [0.05, 0.1) is 26.5 Å². The molecule has 0 aliphatic carbocycles. The van der Waals surface area contributed by atoms with Gasteiger partial charge in [0.25, 0.3) is 0 Å². The number of guanidine groups is 1. The molecule has 0 amide bonds. The Hall–Kier alpha value is -2.33. The van der Waals surface area contributed by atoms with E-state index in [9.17, 15) is 0 Å². The molecular weight excluding hydrogens is 499 g/mol. The normalized spacial score (nSPS) is 10.8. The minimum Gasteiger partial charge on any atom is -0.493 e. The summed E-state index contributed by atoms with van der Waals surface area (Å²) in [7, 11) is 5.01. The second-order valence-electron chi connectivity index (χ2n) is 5.96. The molecule has 0 bridgehead atoms. The third kappa shape index (κ3) is 6.33. The van der Waals surface area contributed by atoms with Crippen LogP contribution < -0.4 is 20.1 Å². The zero-order chi connectivity index (χ0) is 19.8. The lowest BCUT2D eigenvalue weighted by molar-refractivity contribution is 0.354. The van der Waals surface area contributed by atoms with Crippen molar-refractivity contribution in [1.82, 2.24) is 15.6 Å². The monoisotopic (exact) mass is 524 g/mol. The molecule has 154 valence electrons. The molecule has 0 radical (unpaired) electrons. The molecule has 0 aliphatic rings. The molecule has 0 spiro atoms. The third-order valence-electron chi connectivity index (χ3n) is 4.16. The van der Waals surface area contributed by atoms with Crippen LogP contribution in [0.25, 0.3) is 11.3 Å². The lowest BCUT2D eigenvalue weighted by Crippen LogP contribution is -2.36. The molecule has 0 saturated carbocycles. The van der Waals surface area contributed by atoms with Crippen molar-refractivity contribution in [2.24, 2.45) is 4.99 Å². The van der Waals surface area contributed by atoms with E-state index in [1.54, 1.807) is 32.6 Å². The van der Waals surface area contributed by atoms with Crippen molar-refractivity contribution in [3.8, 4) is 22.8 Å². The van der Waals surface area contributed by atoms with E-state index in [-0.39, 0.29) is 24.0 Å². The van der Waals surface area contributed by atoms with Crippen LogP contribution in [0.5, 0.6) is 11.5 Å². The topological polar surface area (TPSA) is 67.8 Å². The predicted molar refractivity (Wildman–Crippen MR) is 130 cm³/mol. The Labute approximate surface area is 192 Å². The van der Waals surface area contributed by atoms with Gasteiger partial charge in [0, 0.05) is 24.5 Å². The molecule has 2 N–H and O–H groups in total. The highest BCUT2D eigenvalue weighted by molar-refractivity contribution is 14.0. The van der Waals surface area contributed by atoms with Crippen molar-refractivity contribution in [3.63, 3.8) is 0 Å². The van der Waals surface area contributed by atoms with Gasteiger partial charge in [-0.1, -0.05) is 36.4 Å². The number of hydrogen-bond donors (Lipinski definition) is 2. The molecule has 1 aromatic heterocycles. The number of nitrogens with zero attached hydrogens (tertiary/aromatic N) is 2. The number of aromatic nitrogens is 1. The van der Waals surface area contributed by atoms with Gasteiger partial charge in [-0.2, -0.15) is 0 Å². The van der Waals surface area contributed by atoms with Gasteiger partial charge in [-0.15, -0.1) is 35.3 Å². The summed E-state index contributed by atoms with van der Waals surface area (Å²) in [4.78, 5) is 8.96. The second-order valence-corrected chi connectivity index (χ2v) is 6.90. The zero-order valence-electron chi connectivity index (χ0n) is 16.6. The van der Waals surface area contributed by atoms with Gasteiger partial charge in [0.15, 0.2) is 17.5 Å². The minimum atomic E-state index is 0. The van der Waals surface area contributed by atoms with E-state index in [4.69, 9.17) is 9.47 Å². The number of aliphatic imine (C=N–C) groups is 1. The summed E-state index contributed by atoms with van der Waals surface area (Å²) >= 11 is 1.63. The van der Waals surface area contributed by atoms with Gasteiger partial charge in [-0.3, -0.25) is 4.99 Å². The lowest BCUT2D eigenvalue weighted by Gasteiger charge is -2.13. The van der Waals surface area contributed by atoms with Crippen LogP contribution in [0.2, 0.25) is 0 Å². The van der Waals surface area contributed by atoms with Crippen LogP contribution in [0.15, 0.2) is 58.9 Å². The van der Waals surface area contributed by atoms with E-state index in [1.165, 1.54) is 0 Å². The molecule has 6 nitrogen and oxygen atoms in total. The van der Waals surface area contributed by atoms with Crippen molar-refractivity contribution in [3.05, 3.63) is 64.5 Å². The summed E-state index contributed by atoms with van der Waals surface area (Å²) < 4.78 is 10.6. The number of methoxy groups -OCH3 is 2. The van der Waals surface area contributed by atoms with Gasteiger partial charge < -0.3 is 20.1 Å². The van der Waals surface area contributed by atoms with E-state index >= 15 is 0 Å². The Morgan fingerprint density at radius 3 is 2.41 bits per heavy atom. The molecule has 2 aromatic carbocycles. The number of benzene rings is 2. The largest absolute Gasteiger partial charge is 0.493 e. The molecule has 29 heavy (non-hydrogen) atoms. The Bertz CT molecular complexity index is 931. The molecule has 3 aromatic rings. The fraction of sp³-hybridized carbons (Fsp3) is 0.238. The van der Waals surface area contributed by atoms with Gasteiger partial charge >= 0.3 is 0 Å². The van der Waals surface area contributed by atoms with Gasteiger partial charge in [0.2, 0.25) is 0 Å². The third-order valence-corrected chi connectivity index (χ3v) is 5.01. The van der Waals surface area contributed by atoms with Crippen molar-refractivity contribution >= 4 is 41.3 Å². The molecule has 1 heterocycles. The summed E-state index contributed by atoms with van der Waals surface area (Å²) in [6.07, 6.45) is 0. The van der Waals surface area contributed by atoms with Gasteiger partial charge in [-0.25, -0.2) is 4.98 Å². The van der Waals surface area contributed by atoms with Crippen molar-refractivity contribution < 1.29 is 9.47 Å². The van der Waals surface area contributed by atoms with E-state index in [0.717, 1.165) is 21.8 Å². The van der Waals surface area contributed by atoms with Crippen LogP contribution in [0, 0.1) is 0 Å². The lowest BCUT2D eigenvalue weighted by atomic mass is 10.2. The van der Waals surface area contributed by atoms with E-state index in [0.29, 0.717) is 30.5 Å². The highest BCUT2D eigenvalue weighted by Gasteiger charge is 2.07. The van der Waals surface area contributed by atoms with Crippen LogP contribution in [0.1, 0.15) is 10.6 Å². The minimum absolute atomic E-state index is 0. The van der Waals surface area contributed by atoms with Crippen molar-refractivity contribution in [2.75, 3.05) is 21.3 Å². The molecule has 0 atom stereocenters. The molecule has 0 saturated heterocycles. The van der Waals surface area contributed by atoms with E-state index in [2.05, 4.69) is 38.1 Å². The maximum atomic E-state index is 5.35. The first-order valence-corrected chi connectivity index (χ1v) is 9.76. The highest BCUT2D eigenvalue weighted by atomic mass is 127. The summed E-state index contributed by atoms with van der Waals surface area (Å²) in [6, 6.07) is 16.0. The fourth-order valence-electron chi connectivity index (χ4n) is 2.69. The number of rotatable bonds is 7. The van der Waals surface area contributed by atoms with Crippen LogP contribution in [-0.4, -0.2) is 32.2 Å². The SMILES string of the molecule is CN=C(NCc1ccc(OC)c(OC)c1)NCc1nc(-c2ccccc2)cs1.I. The molecule has 0 fully saturated rings. The maximum Gasteiger partial charge on any atom is 0.191 e. The highest BCUT2D eigenvalue weighted by Crippen LogP contribution is 2.27. The van der Waals surface area contributed by atoms with Crippen molar-refractivity contribution in [1.29, 1.82) is 0 Å². The smallest absolute Gasteiger partial charge is 0.191 e. The summed E-state index contributed by atoms with van der Waals surface area (Å²) in [5, 5.41) is 9.69. The summed E-state index contributed by atoms with van der Waals surface area (Å²) in [5.74, 6) is 2.14. The van der Waals surface area contributed by atoms with E-state index in [1.807, 2.05) is 36.4 Å². The quantitative estimate of drug-likeness (QED) is 0.274. The Morgan fingerprint density at radius 1 is 1.00 bits per heavy atom. The Morgan fingerprint density at radius 2 is 1.72 bits per heavy atom. The van der Waals surface area contributed by atoms with Crippen LogP contribution in [-0.2, 0) is 13.1 Å². The molecule has 8 heteroatoms. The Balaban J connectivity index is 0.00000300. The number of nitrogens with one attached hydrogen (secondary N) is 2. The number of hydrogen-bond acceptors (Lipinski definition) is 5. The molecule has 0 aliphatic heterocycles. The second kappa shape index (κ2) is 11.6. The average Bonchev–Trinajstić information content (AvgIpc) is 3.23.